The number of amides is 1. The molecule has 0 heterocycles. The third kappa shape index (κ3) is 8.05. The third-order valence-electron chi connectivity index (χ3n) is 2.07. The lowest BCUT2D eigenvalue weighted by Crippen LogP contribution is -2.34. The molecule has 0 aromatic rings. The molecule has 0 fully saturated rings. The van der Waals surface area contributed by atoms with Gasteiger partial charge in [-0.1, -0.05) is 18.7 Å². The van der Waals surface area contributed by atoms with E-state index < -0.39 is 4.75 Å². The summed E-state index contributed by atoms with van der Waals surface area (Å²) >= 11 is 6.13. The number of thiocarbonyl (C=S) groups is 1. The fourth-order valence-electron chi connectivity index (χ4n) is 1.03. The Morgan fingerprint density at radius 2 is 1.89 bits per heavy atom. The van der Waals surface area contributed by atoms with Gasteiger partial charge in [-0.2, -0.15) is 0 Å². The Labute approximate surface area is 123 Å². The minimum Gasteiger partial charge on any atom is -0.479 e. The molecule has 0 saturated heterocycles. The van der Waals surface area contributed by atoms with Crippen LogP contribution in [-0.4, -0.2) is 40.8 Å². The van der Waals surface area contributed by atoms with Gasteiger partial charge in [0.25, 0.3) is 0 Å². The van der Waals surface area contributed by atoms with E-state index in [1.807, 2.05) is 6.92 Å². The number of carbonyl (C=O) groups is 2. The number of nitrogens with one attached hydrogen (secondary N) is 1. The second-order valence-electron chi connectivity index (χ2n) is 4.13. The summed E-state index contributed by atoms with van der Waals surface area (Å²) in [6.45, 7) is 7.96. The minimum absolute atomic E-state index is 0.0674. The van der Waals surface area contributed by atoms with Gasteiger partial charge >= 0.3 is 5.97 Å². The predicted molar refractivity (Wildman–Crippen MR) is 80.2 cm³/mol. The van der Waals surface area contributed by atoms with Gasteiger partial charge in [-0.05, 0) is 33.0 Å². The van der Waals surface area contributed by atoms with E-state index in [0.717, 1.165) is 11.8 Å². The first kappa shape index (κ1) is 18.2. The zero-order chi connectivity index (χ0) is 14.9. The first-order valence-corrected chi connectivity index (χ1v) is 7.35. The molecule has 0 aromatic carbocycles. The van der Waals surface area contributed by atoms with Gasteiger partial charge in [0.05, 0.1) is 13.2 Å². The normalized spacial score (nSPS) is 10.7. The maximum Gasteiger partial charge on any atom is 0.322 e. The summed E-state index contributed by atoms with van der Waals surface area (Å²) in [4.78, 5) is 22.8. The van der Waals surface area contributed by atoms with Crippen molar-refractivity contribution in [2.45, 2.75) is 38.9 Å². The van der Waals surface area contributed by atoms with Gasteiger partial charge in [-0.15, -0.1) is 0 Å². The van der Waals surface area contributed by atoms with Crippen molar-refractivity contribution < 1.29 is 19.1 Å². The number of carbonyl (C=O) groups excluding carboxylic acids is 2. The quantitative estimate of drug-likeness (QED) is 0.440. The van der Waals surface area contributed by atoms with Gasteiger partial charge in [0.15, 0.2) is 0 Å². The molecule has 0 aromatic heterocycles. The maximum atomic E-state index is 11.8. The molecule has 0 aliphatic carbocycles. The van der Waals surface area contributed by atoms with E-state index in [1.165, 1.54) is 0 Å². The van der Waals surface area contributed by atoms with Crippen LogP contribution in [0, 0.1) is 0 Å². The van der Waals surface area contributed by atoms with Crippen molar-refractivity contribution in [3.05, 3.63) is 0 Å². The van der Waals surface area contributed by atoms with Crippen molar-refractivity contribution in [2.75, 3.05) is 19.8 Å². The molecule has 19 heavy (non-hydrogen) atoms. The molecule has 110 valence electrons. The summed E-state index contributed by atoms with van der Waals surface area (Å²) in [5, 5.41) is 2.63. The van der Waals surface area contributed by atoms with Crippen LogP contribution in [0.25, 0.3) is 0 Å². The highest BCUT2D eigenvalue weighted by atomic mass is 32.2. The first-order valence-electron chi connectivity index (χ1n) is 6.13. The highest BCUT2D eigenvalue weighted by Crippen LogP contribution is 2.27. The van der Waals surface area contributed by atoms with Gasteiger partial charge in [-0.3, -0.25) is 9.59 Å². The molecule has 0 bridgehead atoms. The second-order valence-corrected chi connectivity index (χ2v) is 6.36. The molecule has 0 spiro atoms. The topological polar surface area (TPSA) is 64.6 Å². The Morgan fingerprint density at radius 3 is 2.42 bits per heavy atom. The zero-order valence-electron chi connectivity index (χ0n) is 11.8. The molecular weight excluding hydrogens is 286 g/mol. The molecule has 5 nitrogen and oxygen atoms in total. The van der Waals surface area contributed by atoms with E-state index in [0.29, 0.717) is 24.0 Å². The molecule has 0 atom stereocenters. The van der Waals surface area contributed by atoms with E-state index in [4.69, 9.17) is 21.7 Å². The van der Waals surface area contributed by atoms with Gasteiger partial charge in [0.1, 0.15) is 11.4 Å². The summed E-state index contributed by atoms with van der Waals surface area (Å²) in [6.07, 6.45) is 0.415. The molecule has 1 amide bonds. The molecule has 0 unspecified atom stereocenters. The maximum absolute atomic E-state index is 11.8. The van der Waals surface area contributed by atoms with Crippen LogP contribution >= 0.6 is 24.0 Å². The molecular formula is C12H21NO4S2. The number of ether oxygens (including phenoxy) is 2. The van der Waals surface area contributed by atoms with E-state index in [9.17, 15) is 9.59 Å². The van der Waals surface area contributed by atoms with Crippen molar-refractivity contribution in [2.24, 2.45) is 0 Å². The summed E-state index contributed by atoms with van der Waals surface area (Å²) in [7, 11) is 0. The Bertz CT molecular complexity index is 332. The molecule has 0 radical (unpaired) electrons. The SMILES string of the molecule is CCOC(=S)SC(C)(C)C(=O)OCCNC(=O)CC. The van der Waals surface area contributed by atoms with Crippen LogP contribution in [0.15, 0.2) is 0 Å². The van der Waals surface area contributed by atoms with Crippen LogP contribution in [0.4, 0.5) is 0 Å². The number of esters is 1. The van der Waals surface area contributed by atoms with Crippen molar-refractivity contribution in [3.63, 3.8) is 0 Å². The average molecular weight is 307 g/mol. The fourth-order valence-corrected chi connectivity index (χ4v) is 2.51. The third-order valence-corrected chi connectivity index (χ3v) is 3.40. The highest BCUT2D eigenvalue weighted by molar-refractivity contribution is 8.23. The standard InChI is InChI=1S/C12H21NO4S2/c1-5-9(14)13-7-8-17-10(15)12(3,4)19-11(18)16-6-2/h5-8H2,1-4H3,(H,13,14). The fraction of sp³-hybridized carbons (Fsp3) is 0.750. The molecule has 0 aliphatic rings. The molecule has 0 aliphatic heterocycles. The van der Waals surface area contributed by atoms with Crippen LogP contribution in [-0.2, 0) is 19.1 Å². The Hall–Kier alpha value is -0.820. The molecule has 7 heteroatoms. The predicted octanol–water partition coefficient (Wildman–Crippen LogP) is 1.89. The van der Waals surface area contributed by atoms with Gasteiger partial charge in [0, 0.05) is 6.42 Å². The van der Waals surface area contributed by atoms with Gasteiger partial charge < -0.3 is 14.8 Å². The van der Waals surface area contributed by atoms with Gasteiger partial charge in [-0.25, -0.2) is 0 Å². The number of thioether (sulfide) groups is 1. The van der Waals surface area contributed by atoms with E-state index in [2.05, 4.69) is 5.32 Å². The van der Waals surface area contributed by atoms with Crippen molar-refractivity contribution in [3.8, 4) is 0 Å². The second kappa shape index (κ2) is 9.14. The minimum atomic E-state index is -0.805. The Morgan fingerprint density at radius 1 is 1.26 bits per heavy atom. The van der Waals surface area contributed by atoms with Crippen LogP contribution in [0.2, 0.25) is 0 Å². The zero-order valence-corrected chi connectivity index (χ0v) is 13.4. The van der Waals surface area contributed by atoms with Crippen LogP contribution in [0.5, 0.6) is 0 Å². The monoisotopic (exact) mass is 307 g/mol. The Balaban J connectivity index is 4.03. The van der Waals surface area contributed by atoms with Crippen LogP contribution in [0.1, 0.15) is 34.1 Å². The smallest absolute Gasteiger partial charge is 0.322 e. The number of hydrogen-bond acceptors (Lipinski definition) is 6. The summed E-state index contributed by atoms with van der Waals surface area (Å²) in [5.74, 6) is -0.451. The highest BCUT2D eigenvalue weighted by Gasteiger charge is 2.32. The van der Waals surface area contributed by atoms with Crippen LogP contribution < -0.4 is 5.32 Å². The lowest BCUT2D eigenvalue weighted by molar-refractivity contribution is -0.145. The van der Waals surface area contributed by atoms with Crippen molar-refractivity contribution in [1.29, 1.82) is 0 Å². The summed E-state index contributed by atoms with van der Waals surface area (Å²) < 4.78 is 9.74. The van der Waals surface area contributed by atoms with Crippen molar-refractivity contribution >= 4 is 40.2 Å². The molecule has 0 saturated carbocycles. The van der Waals surface area contributed by atoms with Gasteiger partial charge in [0.2, 0.25) is 10.3 Å². The first-order chi connectivity index (χ1) is 8.83. The summed E-state index contributed by atoms with van der Waals surface area (Å²) in [6, 6.07) is 0. The van der Waals surface area contributed by atoms with Crippen molar-refractivity contribution in [1.82, 2.24) is 5.32 Å². The molecule has 1 N–H and O–H groups in total. The van der Waals surface area contributed by atoms with E-state index in [1.54, 1.807) is 20.8 Å². The molecule has 0 rings (SSSR count). The van der Waals surface area contributed by atoms with Crippen LogP contribution in [0.3, 0.4) is 0 Å². The number of rotatable bonds is 7. The Kier molecular flexibility index (Phi) is 8.75. The van der Waals surface area contributed by atoms with E-state index >= 15 is 0 Å². The number of hydrogen-bond donors (Lipinski definition) is 1. The average Bonchev–Trinajstić information content (AvgIpc) is 2.33. The lowest BCUT2D eigenvalue weighted by atomic mass is 10.2. The largest absolute Gasteiger partial charge is 0.479 e. The van der Waals surface area contributed by atoms with E-state index in [-0.39, 0.29) is 18.5 Å². The lowest BCUT2D eigenvalue weighted by Gasteiger charge is -2.21. The summed E-state index contributed by atoms with van der Waals surface area (Å²) in [5.41, 5.74) is 0.